The molecule has 5 nitrogen and oxygen atoms in total. The minimum absolute atomic E-state index is 0.0945. The number of nitrogens with zero attached hydrogens (tertiary/aromatic N) is 3. The van der Waals surface area contributed by atoms with Crippen LogP contribution in [0.2, 0.25) is 0 Å². The Kier molecular flexibility index (Phi) is 4.28. The fourth-order valence-electron chi connectivity index (χ4n) is 3.51. The van der Waals surface area contributed by atoms with Crippen molar-refractivity contribution in [2.75, 3.05) is 39.9 Å². The summed E-state index contributed by atoms with van der Waals surface area (Å²) in [5.41, 5.74) is 0.801. The molecule has 2 aliphatic rings. The van der Waals surface area contributed by atoms with Gasteiger partial charge in [-0.3, -0.25) is 9.69 Å². The maximum Gasteiger partial charge on any atom is 0.273 e. The van der Waals surface area contributed by atoms with E-state index in [2.05, 4.69) is 9.88 Å². The van der Waals surface area contributed by atoms with Gasteiger partial charge in [-0.1, -0.05) is 0 Å². The summed E-state index contributed by atoms with van der Waals surface area (Å²) >= 11 is 1.54. The summed E-state index contributed by atoms with van der Waals surface area (Å²) in [6.45, 7) is 6.50. The van der Waals surface area contributed by atoms with E-state index in [4.69, 9.17) is 4.74 Å². The highest BCUT2D eigenvalue weighted by molar-refractivity contribution is 7.09. The van der Waals surface area contributed by atoms with E-state index in [1.165, 1.54) is 12.8 Å². The van der Waals surface area contributed by atoms with Gasteiger partial charge in [-0.15, -0.1) is 11.3 Å². The Bertz CT molecular complexity index is 519. The highest BCUT2D eigenvalue weighted by atomic mass is 32.1. The summed E-state index contributed by atoms with van der Waals surface area (Å²) < 4.78 is 5.20. The molecule has 21 heavy (non-hydrogen) atoms. The summed E-state index contributed by atoms with van der Waals surface area (Å²) in [6.07, 6.45) is 3.46. The Morgan fingerprint density at radius 1 is 1.48 bits per heavy atom. The molecule has 3 heterocycles. The van der Waals surface area contributed by atoms with Gasteiger partial charge in [0.2, 0.25) is 0 Å². The number of ether oxygens (including phenoxy) is 1. The molecular formula is C15H23N3O2S. The first-order valence-corrected chi connectivity index (χ1v) is 8.48. The van der Waals surface area contributed by atoms with Crippen LogP contribution in [0.3, 0.4) is 0 Å². The molecular weight excluding hydrogens is 286 g/mol. The standard InChI is InChI=1S/C15H23N3O2S/c1-12-16-13(10-21-12)14(19)17-6-3-4-15(11-17)5-7-18(15)8-9-20-2/h10H,3-9,11H2,1-2H3/t15-/m0/s1. The maximum absolute atomic E-state index is 12.6. The second kappa shape index (κ2) is 6.02. The van der Waals surface area contributed by atoms with Gasteiger partial charge in [0, 0.05) is 44.2 Å². The van der Waals surface area contributed by atoms with E-state index in [1.54, 1.807) is 18.4 Å². The Balaban J connectivity index is 1.67. The van der Waals surface area contributed by atoms with Crippen LogP contribution in [0.5, 0.6) is 0 Å². The molecule has 1 aromatic rings. The number of thiazole rings is 1. The SMILES string of the molecule is COCCN1CC[C@]12CCCN(C(=O)c1csc(C)n1)C2. The lowest BCUT2D eigenvalue weighted by molar-refractivity contribution is -0.0679. The summed E-state index contributed by atoms with van der Waals surface area (Å²) in [7, 11) is 1.74. The molecule has 2 fully saturated rings. The molecule has 3 rings (SSSR count). The van der Waals surface area contributed by atoms with Crippen molar-refractivity contribution in [3.63, 3.8) is 0 Å². The summed E-state index contributed by atoms with van der Waals surface area (Å²) in [5, 5.41) is 2.83. The van der Waals surface area contributed by atoms with Crippen LogP contribution >= 0.6 is 11.3 Å². The molecule has 0 bridgehead atoms. The van der Waals surface area contributed by atoms with Gasteiger partial charge in [0.15, 0.2) is 0 Å². The van der Waals surface area contributed by atoms with Crippen molar-refractivity contribution >= 4 is 17.2 Å². The molecule has 1 aromatic heterocycles. The average molecular weight is 309 g/mol. The molecule has 116 valence electrons. The third-order valence-corrected chi connectivity index (χ3v) is 5.54. The fourth-order valence-corrected chi connectivity index (χ4v) is 4.09. The largest absolute Gasteiger partial charge is 0.383 e. The summed E-state index contributed by atoms with van der Waals surface area (Å²) in [4.78, 5) is 21.4. The van der Waals surface area contributed by atoms with Gasteiger partial charge >= 0.3 is 0 Å². The molecule has 6 heteroatoms. The molecule has 2 saturated heterocycles. The maximum atomic E-state index is 12.6. The zero-order chi connectivity index (χ0) is 14.9. The van der Waals surface area contributed by atoms with E-state index in [0.717, 1.165) is 44.2 Å². The molecule has 0 aliphatic carbocycles. The van der Waals surface area contributed by atoms with Gasteiger partial charge in [-0.05, 0) is 26.2 Å². The molecule has 0 N–H and O–H groups in total. The lowest BCUT2D eigenvalue weighted by Crippen LogP contribution is -2.67. The van der Waals surface area contributed by atoms with E-state index in [-0.39, 0.29) is 11.4 Å². The number of rotatable bonds is 4. The van der Waals surface area contributed by atoms with Crippen molar-refractivity contribution in [3.05, 3.63) is 16.1 Å². The highest BCUT2D eigenvalue weighted by Gasteiger charge is 2.47. The number of piperidine rings is 1. The summed E-state index contributed by atoms with van der Waals surface area (Å²) in [6, 6.07) is 0. The predicted octanol–water partition coefficient (Wildman–Crippen LogP) is 1.78. The van der Waals surface area contributed by atoms with E-state index in [0.29, 0.717) is 5.69 Å². The average Bonchev–Trinajstić information content (AvgIpc) is 2.92. The van der Waals surface area contributed by atoms with Crippen LogP contribution < -0.4 is 0 Å². The normalized spacial score (nSPS) is 26.1. The van der Waals surface area contributed by atoms with E-state index >= 15 is 0 Å². The molecule has 0 saturated carbocycles. The Morgan fingerprint density at radius 2 is 2.33 bits per heavy atom. The number of carbonyl (C=O) groups excluding carboxylic acids is 1. The van der Waals surface area contributed by atoms with Gasteiger partial charge in [0.05, 0.1) is 11.6 Å². The van der Waals surface area contributed by atoms with Crippen molar-refractivity contribution in [1.82, 2.24) is 14.8 Å². The van der Waals surface area contributed by atoms with Crippen LogP contribution in [0.25, 0.3) is 0 Å². The third kappa shape index (κ3) is 2.84. The zero-order valence-electron chi connectivity index (χ0n) is 12.8. The van der Waals surface area contributed by atoms with Gasteiger partial charge in [-0.25, -0.2) is 4.98 Å². The summed E-state index contributed by atoms with van der Waals surface area (Å²) in [5.74, 6) is 0.0945. The minimum atomic E-state index is 0.0945. The Hall–Kier alpha value is -0.980. The van der Waals surface area contributed by atoms with Crippen LogP contribution in [0.4, 0.5) is 0 Å². The number of aryl methyl sites for hydroxylation is 1. The lowest BCUT2D eigenvalue weighted by atomic mass is 9.77. The van der Waals surface area contributed by atoms with Crippen molar-refractivity contribution in [2.24, 2.45) is 0 Å². The molecule has 1 spiro atoms. The van der Waals surface area contributed by atoms with Gasteiger partial charge in [0.25, 0.3) is 5.91 Å². The van der Waals surface area contributed by atoms with Gasteiger partial charge in [0.1, 0.15) is 5.69 Å². The lowest BCUT2D eigenvalue weighted by Gasteiger charge is -2.57. The highest BCUT2D eigenvalue weighted by Crippen LogP contribution is 2.38. The molecule has 0 aromatic carbocycles. The van der Waals surface area contributed by atoms with Crippen molar-refractivity contribution in [2.45, 2.75) is 31.7 Å². The molecule has 1 atom stereocenters. The fraction of sp³-hybridized carbons (Fsp3) is 0.733. The number of amides is 1. The first-order valence-electron chi connectivity index (χ1n) is 7.60. The molecule has 0 radical (unpaired) electrons. The predicted molar refractivity (Wildman–Crippen MR) is 82.8 cm³/mol. The van der Waals surface area contributed by atoms with Crippen LogP contribution in [0, 0.1) is 6.92 Å². The Morgan fingerprint density at radius 3 is 2.95 bits per heavy atom. The van der Waals surface area contributed by atoms with Crippen molar-refractivity contribution in [3.8, 4) is 0 Å². The van der Waals surface area contributed by atoms with Crippen LogP contribution in [-0.4, -0.2) is 66.1 Å². The minimum Gasteiger partial charge on any atom is -0.383 e. The van der Waals surface area contributed by atoms with Crippen molar-refractivity contribution in [1.29, 1.82) is 0 Å². The van der Waals surface area contributed by atoms with Gasteiger partial charge < -0.3 is 9.64 Å². The second-order valence-corrected chi connectivity index (χ2v) is 7.10. The number of methoxy groups -OCH3 is 1. The van der Waals surface area contributed by atoms with E-state index < -0.39 is 0 Å². The number of hydrogen-bond acceptors (Lipinski definition) is 5. The molecule has 0 unspecified atom stereocenters. The van der Waals surface area contributed by atoms with Gasteiger partial charge in [-0.2, -0.15) is 0 Å². The van der Waals surface area contributed by atoms with E-state index in [9.17, 15) is 4.79 Å². The Labute approximate surface area is 129 Å². The molecule has 1 amide bonds. The third-order valence-electron chi connectivity index (χ3n) is 4.76. The van der Waals surface area contributed by atoms with E-state index in [1.807, 2.05) is 17.2 Å². The number of hydrogen-bond donors (Lipinski definition) is 0. The zero-order valence-corrected chi connectivity index (χ0v) is 13.6. The first-order chi connectivity index (χ1) is 10.1. The second-order valence-electron chi connectivity index (χ2n) is 6.04. The number of aromatic nitrogens is 1. The topological polar surface area (TPSA) is 45.7 Å². The quantitative estimate of drug-likeness (QED) is 0.850. The first kappa shape index (κ1) is 14.9. The molecule has 2 aliphatic heterocycles. The number of likely N-dealkylation sites (tertiary alicyclic amines) is 2. The van der Waals surface area contributed by atoms with Crippen LogP contribution in [0.15, 0.2) is 5.38 Å². The smallest absolute Gasteiger partial charge is 0.273 e. The number of carbonyl (C=O) groups is 1. The van der Waals surface area contributed by atoms with Crippen molar-refractivity contribution < 1.29 is 9.53 Å². The van der Waals surface area contributed by atoms with Crippen LogP contribution in [-0.2, 0) is 4.74 Å². The van der Waals surface area contributed by atoms with Crippen LogP contribution in [0.1, 0.15) is 34.8 Å². The monoisotopic (exact) mass is 309 g/mol.